The molecule has 1 spiro atoms. The van der Waals surface area contributed by atoms with Gasteiger partial charge in [0.15, 0.2) is 0 Å². The summed E-state index contributed by atoms with van der Waals surface area (Å²) in [5.41, 5.74) is 6.41. The zero-order valence-electron chi connectivity index (χ0n) is 7.47. The van der Waals surface area contributed by atoms with Crippen LogP contribution >= 0.6 is 0 Å². The first-order valence-electron chi connectivity index (χ1n) is 4.31. The third-order valence-corrected chi connectivity index (χ3v) is 2.59. The molecule has 0 atom stereocenters. The molecule has 0 heterocycles. The lowest BCUT2D eigenvalue weighted by atomic mass is 9.78. The Balaban J connectivity index is 0.000000140. The lowest BCUT2D eigenvalue weighted by Gasteiger charge is -2.32. The Morgan fingerprint density at radius 3 is 1.79 bits per heavy atom. The molecule has 2 aliphatic carbocycles. The summed E-state index contributed by atoms with van der Waals surface area (Å²) in [6, 6.07) is 0.572. The van der Waals surface area contributed by atoms with E-state index in [9.17, 15) is 13.2 Å². The summed E-state index contributed by atoms with van der Waals surface area (Å²) >= 11 is 0. The van der Waals surface area contributed by atoms with Crippen LogP contribution in [0.5, 0.6) is 0 Å². The Morgan fingerprint density at radius 2 is 1.71 bits per heavy atom. The molecule has 2 fully saturated rings. The van der Waals surface area contributed by atoms with E-state index in [0.717, 1.165) is 5.41 Å². The molecule has 3 nitrogen and oxygen atoms in total. The van der Waals surface area contributed by atoms with Crippen LogP contribution < -0.4 is 5.73 Å². The Kier molecular flexibility index (Phi) is 2.76. The van der Waals surface area contributed by atoms with Crippen molar-refractivity contribution < 1.29 is 23.1 Å². The normalized spacial score (nSPS) is 23.4. The molecule has 0 aromatic heterocycles. The van der Waals surface area contributed by atoms with E-state index in [-0.39, 0.29) is 0 Å². The molecule has 0 saturated heterocycles. The number of hydrogen-bond acceptors (Lipinski definition) is 2. The summed E-state index contributed by atoms with van der Waals surface area (Å²) < 4.78 is 31.7. The van der Waals surface area contributed by atoms with Gasteiger partial charge < -0.3 is 10.8 Å². The number of halogens is 3. The van der Waals surface area contributed by atoms with Crippen LogP contribution in [-0.4, -0.2) is 23.3 Å². The van der Waals surface area contributed by atoms with Crippen LogP contribution in [0.25, 0.3) is 0 Å². The first-order valence-corrected chi connectivity index (χ1v) is 4.31. The van der Waals surface area contributed by atoms with Crippen LogP contribution in [0.4, 0.5) is 13.2 Å². The maximum Gasteiger partial charge on any atom is 0.490 e. The highest BCUT2D eigenvalue weighted by Gasteiger charge is 2.51. The molecule has 0 bridgehead atoms. The van der Waals surface area contributed by atoms with Crippen molar-refractivity contribution in [3.8, 4) is 0 Å². The average Bonchev–Trinajstić information content (AvgIpc) is 2.66. The van der Waals surface area contributed by atoms with Crippen LogP contribution in [0.15, 0.2) is 0 Å². The van der Waals surface area contributed by atoms with Crippen LogP contribution in [0.3, 0.4) is 0 Å². The third kappa shape index (κ3) is 2.87. The third-order valence-electron chi connectivity index (χ3n) is 2.59. The molecule has 0 amide bonds. The Hall–Kier alpha value is -0.780. The summed E-state index contributed by atoms with van der Waals surface area (Å²) in [7, 11) is 0. The molecular weight excluding hydrogens is 199 g/mol. The summed E-state index contributed by atoms with van der Waals surface area (Å²) in [6.45, 7) is 0. The molecule has 3 N–H and O–H groups in total. The minimum atomic E-state index is -5.08. The topological polar surface area (TPSA) is 63.3 Å². The van der Waals surface area contributed by atoms with Gasteiger partial charge in [0.1, 0.15) is 0 Å². The van der Waals surface area contributed by atoms with Gasteiger partial charge >= 0.3 is 12.1 Å². The van der Waals surface area contributed by atoms with Crippen LogP contribution in [0.2, 0.25) is 0 Å². The Bertz CT molecular complexity index is 227. The van der Waals surface area contributed by atoms with Crippen LogP contribution in [0, 0.1) is 5.41 Å². The Labute approximate surface area is 79.1 Å². The second kappa shape index (κ2) is 3.42. The largest absolute Gasteiger partial charge is 0.490 e. The number of carboxylic acids is 1. The second-order valence-electron chi connectivity index (χ2n) is 3.97. The molecule has 0 aromatic rings. The first-order chi connectivity index (χ1) is 6.25. The number of carbonyl (C=O) groups is 1. The van der Waals surface area contributed by atoms with E-state index in [4.69, 9.17) is 15.6 Å². The van der Waals surface area contributed by atoms with E-state index in [2.05, 4.69) is 0 Å². The quantitative estimate of drug-likeness (QED) is 0.638. The van der Waals surface area contributed by atoms with Crippen LogP contribution in [0.1, 0.15) is 25.7 Å². The lowest BCUT2D eigenvalue weighted by Crippen LogP contribution is -2.37. The SMILES string of the molecule is NC1CC2(CC2)C1.O=C(O)C(F)(F)F. The molecule has 6 heteroatoms. The van der Waals surface area contributed by atoms with Crippen molar-refractivity contribution in [1.29, 1.82) is 0 Å². The van der Waals surface area contributed by atoms with E-state index >= 15 is 0 Å². The van der Waals surface area contributed by atoms with Crippen molar-refractivity contribution in [3.63, 3.8) is 0 Å². The van der Waals surface area contributed by atoms with E-state index in [0.29, 0.717) is 6.04 Å². The molecule has 0 aromatic carbocycles. The molecule has 14 heavy (non-hydrogen) atoms. The van der Waals surface area contributed by atoms with Crippen molar-refractivity contribution in [1.82, 2.24) is 0 Å². The molecule has 0 unspecified atom stereocenters. The van der Waals surface area contributed by atoms with Gasteiger partial charge in [0.25, 0.3) is 0 Å². The molecule has 0 radical (unpaired) electrons. The maximum atomic E-state index is 10.6. The number of carboxylic acid groups (broad SMARTS) is 1. The van der Waals surface area contributed by atoms with Gasteiger partial charge in [-0.3, -0.25) is 0 Å². The van der Waals surface area contributed by atoms with Crippen molar-refractivity contribution in [2.75, 3.05) is 0 Å². The highest BCUT2D eigenvalue weighted by Crippen LogP contribution is 2.59. The first kappa shape index (κ1) is 11.3. The highest BCUT2D eigenvalue weighted by molar-refractivity contribution is 5.73. The number of hydrogen-bond donors (Lipinski definition) is 2. The van der Waals surface area contributed by atoms with Crippen LogP contribution in [-0.2, 0) is 4.79 Å². The minimum absolute atomic E-state index is 0.572. The van der Waals surface area contributed by atoms with Crippen molar-refractivity contribution in [2.24, 2.45) is 11.1 Å². The zero-order chi connectivity index (χ0) is 11.0. The highest BCUT2D eigenvalue weighted by atomic mass is 19.4. The number of aliphatic carboxylic acids is 1. The zero-order valence-corrected chi connectivity index (χ0v) is 7.47. The molecule has 82 valence electrons. The predicted molar refractivity (Wildman–Crippen MR) is 42.6 cm³/mol. The van der Waals surface area contributed by atoms with E-state index < -0.39 is 12.1 Å². The standard InChI is InChI=1S/C6H11N.C2HF3O2/c7-5-3-6(4-5)1-2-6;3-2(4,5)1(6)7/h5H,1-4,7H2;(H,6,7). The van der Waals surface area contributed by atoms with E-state index in [1.165, 1.54) is 25.7 Å². The smallest absolute Gasteiger partial charge is 0.475 e. The van der Waals surface area contributed by atoms with Gasteiger partial charge in [-0.05, 0) is 31.1 Å². The maximum absolute atomic E-state index is 10.6. The van der Waals surface area contributed by atoms with Gasteiger partial charge in [0.05, 0.1) is 0 Å². The molecule has 2 rings (SSSR count). The van der Waals surface area contributed by atoms with Crippen molar-refractivity contribution in [3.05, 3.63) is 0 Å². The lowest BCUT2D eigenvalue weighted by molar-refractivity contribution is -0.192. The molecule has 0 aliphatic heterocycles. The summed E-state index contributed by atoms with van der Waals surface area (Å²) in [5.74, 6) is -2.76. The van der Waals surface area contributed by atoms with Crippen molar-refractivity contribution in [2.45, 2.75) is 37.9 Å². The van der Waals surface area contributed by atoms with Gasteiger partial charge in [-0.25, -0.2) is 4.79 Å². The van der Waals surface area contributed by atoms with Crippen molar-refractivity contribution >= 4 is 5.97 Å². The van der Waals surface area contributed by atoms with Gasteiger partial charge in [-0.15, -0.1) is 0 Å². The number of nitrogens with two attached hydrogens (primary N) is 1. The van der Waals surface area contributed by atoms with E-state index in [1.54, 1.807) is 0 Å². The summed E-state index contributed by atoms with van der Waals surface area (Å²) in [5, 5.41) is 7.12. The minimum Gasteiger partial charge on any atom is -0.475 e. The summed E-state index contributed by atoms with van der Waals surface area (Å²) in [6.07, 6.45) is 0.515. The average molecular weight is 211 g/mol. The fourth-order valence-electron chi connectivity index (χ4n) is 1.64. The summed E-state index contributed by atoms with van der Waals surface area (Å²) in [4.78, 5) is 8.90. The van der Waals surface area contributed by atoms with Gasteiger partial charge in [0, 0.05) is 6.04 Å². The monoisotopic (exact) mass is 211 g/mol. The Morgan fingerprint density at radius 1 is 1.36 bits per heavy atom. The fraction of sp³-hybridized carbons (Fsp3) is 0.875. The fourth-order valence-corrected chi connectivity index (χ4v) is 1.64. The number of rotatable bonds is 0. The van der Waals surface area contributed by atoms with E-state index in [1.807, 2.05) is 0 Å². The molecule has 2 aliphatic rings. The van der Waals surface area contributed by atoms with Gasteiger partial charge in [0.2, 0.25) is 0 Å². The predicted octanol–water partition coefficient (Wildman–Crippen LogP) is 1.52. The molecular formula is C8H12F3NO2. The van der Waals surface area contributed by atoms with Gasteiger partial charge in [-0.2, -0.15) is 13.2 Å². The second-order valence-corrected chi connectivity index (χ2v) is 3.97. The molecule has 2 saturated carbocycles. The van der Waals surface area contributed by atoms with Gasteiger partial charge in [-0.1, -0.05) is 0 Å². The number of alkyl halides is 3.